The topological polar surface area (TPSA) is 120 Å². The van der Waals surface area contributed by atoms with Crippen LogP contribution < -0.4 is 15.4 Å². The minimum Gasteiger partial charge on any atom is -0.349 e. The molecule has 33 heavy (non-hydrogen) atoms. The number of hydrogen-bond acceptors (Lipinski definition) is 7. The Hall–Kier alpha value is -2.76. The number of sulfonamides is 1. The fourth-order valence-corrected chi connectivity index (χ4v) is 5.65. The molecule has 1 fully saturated rings. The van der Waals surface area contributed by atoms with Crippen LogP contribution in [-0.4, -0.2) is 63.2 Å². The number of anilines is 1. The van der Waals surface area contributed by atoms with Crippen molar-refractivity contribution in [2.75, 3.05) is 31.5 Å². The number of rotatable bonds is 7. The van der Waals surface area contributed by atoms with Gasteiger partial charge in [0.2, 0.25) is 5.91 Å². The fraction of sp³-hybridized carbons (Fsp3) is 0.409. The summed E-state index contributed by atoms with van der Waals surface area (Å²) in [7, 11) is -3.74. The zero-order valence-corrected chi connectivity index (χ0v) is 19.8. The van der Waals surface area contributed by atoms with Gasteiger partial charge in [-0.2, -0.15) is 11.3 Å². The number of piperidine rings is 1. The van der Waals surface area contributed by atoms with E-state index in [9.17, 15) is 18.0 Å². The molecule has 1 saturated heterocycles. The number of amidine groups is 1. The molecular formula is C22H27N5O4S2. The lowest BCUT2D eigenvalue weighted by Crippen LogP contribution is -2.46. The summed E-state index contributed by atoms with van der Waals surface area (Å²) in [4.78, 5) is 31.0. The number of thiophene rings is 1. The van der Waals surface area contributed by atoms with E-state index in [1.54, 1.807) is 18.2 Å². The van der Waals surface area contributed by atoms with Crippen LogP contribution in [0.3, 0.4) is 0 Å². The number of nitrogens with one attached hydrogen (secondary N) is 3. The van der Waals surface area contributed by atoms with Crippen molar-refractivity contribution >= 4 is 44.7 Å². The zero-order chi connectivity index (χ0) is 23.3. The Labute approximate surface area is 197 Å². The Balaban J connectivity index is 1.25. The van der Waals surface area contributed by atoms with Gasteiger partial charge in [-0.25, -0.2) is 8.42 Å². The van der Waals surface area contributed by atoms with E-state index in [0.29, 0.717) is 43.1 Å². The maximum absolute atomic E-state index is 12.6. The molecule has 2 aromatic rings. The van der Waals surface area contributed by atoms with Gasteiger partial charge in [0.05, 0.1) is 11.4 Å². The van der Waals surface area contributed by atoms with E-state index < -0.39 is 10.0 Å². The molecule has 2 amide bonds. The molecule has 0 bridgehead atoms. The van der Waals surface area contributed by atoms with Crippen LogP contribution in [-0.2, 0) is 14.8 Å². The number of benzene rings is 1. The fourth-order valence-electron chi connectivity index (χ4n) is 3.88. The highest BCUT2D eigenvalue weighted by molar-refractivity contribution is 7.90. The van der Waals surface area contributed by atoms with Crippen LogP contribution in [0.15, 0.2) is 51.0 Å². The number of aliphatic imine (C=N–C) groups is 1. The Morgan fingerprint density at radius 1 is 1.18 bits per heavy atom. The first-order chi connectivity index (χ1) is 15.9. The number of nitrogens with zero attached hydrogens (tertiary/aromatic N) is 2. The Morgan fingerprint density at radius 3 is 2.70 bits per heavy atom. The van der Waals surface area contributed by atoms with Crippen LogP contribution in [0.5, 0.6) is 0 Å². The molecule has 11 heteroatoms. The lowest BCUT2D eigenvalue weighted by Gasteiger charge is -2.31. The number of likely N-dealkylation sites (tertiary alicyclic amines) is 1. The van der Waals surface area contributed by atoms with Gasteiger partial charge in [0.1, 0.15) is 5.84 Å². The molecule has 2 aliphatic heterocycles. The first-order valence-corrected chi connectivity index (χ1v) is 13.3. The molecule has 0 aliphatic carbocycles. The minimum absolute atomic E-state index is 0.0585. The van der Waals surface area contributed by atoms with Crippen molar-refractivity contribution in [1.29, 1.82) is 0 Å². The summed E-state index contributed by atoms with van der Waals surface area (Å²) in [5.74, 6) is 0.203. The first kappa shape index (κ1) is 23.4. The summed E-state index contributed by atoms with van der Waals surface area (Å²) in [6.07, 6.45) is 3.00. The molecule has 9 nitrogen and oxygen atoms in total. The van der Waals surface area contributed by atoms with Crippen molar-refractivity contribution in [3.8, 4) is 0 Å². The molecule has 0 spiro atoms. The predicted octanol–water partition coefficient (Wildman–Crippen LogP) is 2.05. The second-order valence-electron chi connectivity index (χ2n) is 8.15. The summed E-state index contributed by atoms with van der Waals surface area (Å²) < 4.78 is 27.7. The summed E-state index contributed by atoms with van der Waals surface area (Å²) >= 11 is 1.49. The molecule has 176 valence electrons. The Bertz CT molecular complexity index is 1120. The molecular weight excluding hydrogens is 462 g/mol. The molecule has 2 aliphatic rings. The van der Waals surface area contributed by atoms with Crippen molar-refractivity contribution in [2.45, 2.75) is 36.6 Å². The molecule has 3 N–H and O–H groups in total. The van der Waals surface area contributed by atoms with Crippen molar-refractivity contribution < 1.29 is 18.0 Å². The molecule has 0 atom stereocenters. The molecule has 1 aromatic heterocycles. The summed E-state index contributed by atoms with van der Waals surface area (Å²) in [5.41, 5.74) is 1.10. The van der Waals surface area contributed by atoms with Crippen molar-refractivity contribution in [2.24, 2.45) is 4.99 Å². The smallest absolute Gasteiger partial charge is 0.262 e. The minimum atomic E-state index is -3.74. The summed E-state index contributed by atoms with van der Waals surface area (Å²) in [6, 6.07) is 8.09. The van der Waals surface area contributed by atoms with Gasteiger partial charge in [-0.05, 0) is 48.9 Å². The largest absolute Gasteiger partial charge is 0.349 e. The number of hydrogen-bond donors (Lipinski definition) is 3. The highest BCUT2D eigenvalue weighted by Crippen LogP contribution is 2.17. The monoisotopic (exact) mass is 489 g/mol. The van der Waals surface area contributed by atoms with Gasteiger partial charge in [0, 0.05) is 48.7 Å². The van der Waals surface area contributed by atoms with Crippen LogP contribution in [0.4, 0.5) is 5.69 Å². The number of amides is 2. The molecule has 0 unspecified atom stereocenters. The highest BCUT2D eigenvalue weighted by atomic mass is 32.2. The first-order valence-electron chi connectivity index (χ1n) is 10.9. The van der Waals surface area contributed by atoms with E-state index in [-0.39, 0.29) is 29.3 Å². The van der Waals surface area contributed by atoms with Crippen LogP contribution in [0.1, 0.15) is 36.0 Å². The van der Waals surface area contributed by atoms with Crippen molar-refractivity contribution in [3.63, 3.8) is 0 Å². The molecule has 3 heterocycles. The van der Waals surface area contributed by atoms with Gasteiger partial charge < -0.3 is 10.6 Å². The summed E-state index contributed by atoms with van der Waals surface area (Å²) in [5, 5.41) is 9.54. The third-order valence-electron chi connectivity index (χ3n) is 5.63. The number of carbonyl (C=O) groups is 2. The standard InChI is InChI=1S/C22H27N5O4S2/c28-21(14-27-10-6-17(7-11-27)25-22(29)16-8-12-32-15-16)24-18-3-1-4-19(13-18)33(30,31)26-20-5-2-9-23-20/h1,3-4,8,12-13,15,17H,2,5-7,9-11,14H2,(H,23,26)(H,24,28)(H,25,29). The lowest BCUT2D eigenvalue weighted by molar-refractivity contribution is -0.117. The second-order valence-corrected chi connectivity index (χ2v) is 10.6. The SMILES string of the molecule is O=C(CN1CCC(NC(=O)c2ccsc2)CC1)Nc1cccc(S(=O)(=O)NC2=NCCC2)c1. The molecule has 0 radical (unpaired) electrons. The Kier molecular flexibility index (Phi) is 7.41. The van der Waals surface area contributed by atoms with Gasteiger partial charge in [-0.15, -0.1) is 0 Å². The average Bonchev–Trinajstić information content (AvgIpc) is 3.49. The quantitative estimate of drug-likeness (QED) is 0.550. The normalized spacial score (nSPS) is 17.4. The van der Waals surface area contributed by atoms with Crippen molar-refractivity contribution in [3.05, 3.63) is 46.7 Å². The average molecular weight is 490 g/mol. The van der Waals surface area contributed by atoms with E-state index in [4.69, 9.17) is 0 Å². The van der Waals surface area contributed by atoms with Gasteiger partial charge in [0.25, 0.3) is 15.9 Å². The van der Waals surface area contributed by atoms with Crippen LogP contribution in [0.25, 0.3) is 0 Å². The number of carbonyl (C=O) groups excluding carboxylic acids is 2. The second kappa shape index (κ2) is 10.4. The van der Waals surface area contributed by atoms with Gasteiger partial charge in [-0.1, -0.05) is 6.07 Å². The van der Waals surface area contributed by atoms with Gasteiger partial charge in [-0.3, -0.25) is 24.2 Å². The van der Waals surface area contributed by atoms with Crippen LogP contribution in [0, 0.1) is 0 Å². The third-order valence-corrected chi connectivity index (χ3v) is 7.69. The predicted molar refractivity (Wildman–Crippen MR) is 128 cm³/mol. The Morgan fingerprint density at radius 2 is 2.00 bits per heavy atom. The van der Waals surface area contributed by atoms with E-state index >= 15 is 0 Å². The zero-order valence-electron chi connectivity index (χ0n) is 18.1. The van der Waals surface area contributed by atoms with E-state index in [0.717, 1.165) is 19.3 Å². The van der Waals surface area contributed by atoms with Gasteiger partial charge >= 0.3 is 0 Å². The van der Waals surface area contributed by atoms with Crippen molar-refractivity contribution in [1.82, 2.24) is 14.9 Å². The molecule has 0 saturated carbocycles. The van der Waals surface area contributed by atoms with E-state index in [1.165, 1.54) is 23.5 Å². The third kappa shape index (κ3) is 6.40. The highest BCUT2D eigenvalue weighted by Gasteiger charge is 2.23. The van der Waals surface area contributed by atoms with Gasteiger partial charge in [0.15, 0.2) is 0 Å². The molecule has 1 aromatic carbocycles. The van der Waals surface area contributed by atoms with Crippen LogP contribution in [0.2, 0.25) is 0 Å². The summed E-state index contributed by atoms with van der Waals surface area (Å²) in [6.45, 7) is 2.23. The maximum atomic E-state index is 12.6. The molecule has 4 rings (SSSR count). The van der Waals surface area contributed by atoms with Crippen LogP contribution >= 0.6 is 11.3 Å². The maximum Gasteiger partial charge on any atom is 0.262 e. The van der Waals surface area contributed by atoms with E-state index in [1.807, 2.05) is 15.7 Å². The van der Waals surface area contributed by atoms with E-state index in [2.05, 4.69) is 20.3 Å². The lowest BCUT2D eigenvalue weighted by atomic mass is 10.0.